The molecule has 0 bridgehead atoms. The number of likely N-dealkylation sites (tertiary alicyclic amines) is 1. The summed E-state index contributed by atoms with van der Waals surface area (Å²) in [7, 11) is 3.15. The molecular formula is C24H27FN2O4. The lowest BCUT2D eigenvalue weighted by molar-refractivity contribution is -0.152. The van der Waals surface area contributed by atoms with Crippen LogP contribution in [0.25, 0.3) is 0 Å². The fourth-order valence-corrected chi connectivity index (χ4v) is 4.77. The zero-order chi connectivity index (χ0) is 22.0. The number of anilines is 1. The summed E-state index contributed by atoms with van der Waals surface area (Å²) in [4.78, 5) is 29.0. The van der Waals surface area contributed by atoms with E-state index in [1.807, 2.05) is 29.2 Å². The molecule has 0 aliphatic carbocycles. The molecule has 2 fully saturated rings. The number of carbonyl (C=O) groups excluding carboxylic acids is 2. The zero-order valence-corrected chi connectivity index (χ0v) is 17.8. The fraction of sp³-hybridized carbons (Fsp3) is 0.417. The van der Waals surface area contributed by atoms with Crippen LogP contribution in [0.1, 0.15) is 24.8 Å². The molecule has 7 heteroatoms. The quantitative estimate of drug-likeness (QED) is 0.666. The maximum absolute atomic E-state index is 13.8. The van der Waals surface area contributed by atoms with Crippen LogP contribution in [0.5, 0.6) is 5.75 Å². The average Bonchev–Trinajstić information content (AvgIpc) is 2.78. The molecule has 6 nitrogen and oxygen atoms in total. The first-order chi connectivity index (χ1) is 15.0. The van der Waals surface area contributed by atoms with Crippen LogP contribution in [-0.2, 0) is 20.7 Å². The predicted molar refractivity (Wildman–Crippen MR) is 115 cm³/mol. The van der Waals surface area contributed by atoms with Crippen molar-refractivity contribution in [1.82, 2.24) is 4.90 Å². The van der Waals surface area contributed by atoms with Crippen molar-refractivity contribution < 1.29 is 23.5 Å². The highest BCUT2D eigenvalue weighted by Gasteiger charge is 2.62. The molecule has 4 rings (SSSR count). The number of methoxy groups -OCH3 is 2. The number of ether oxygens (including phenoxy) is 2. The topological polar surface area (TPSA) is 59.1 Å². The van der Waals surface area contributed by atoms with Gasteiger partial charge in [0.15, 0.2) is 6.10 Å². The second kappa shape index (κ2) is 8.67. The maximum Gasteiger partial charge on any atom is 0.259 e. The minimum atomic E-state index is -0.563. The van der Waals surface area contributed by atoms with Gasteiger partial charge in [-0.2, -0.15) is 0 Å². The highest BCUT2D eigenvalue weighted by atomic mass is 19.1. The van der Waals surface area contributed by atoms with Crippen molar-refractivity contribution in [2.24, 2.45) is 0 Å². The smallest absolute Gasteiger partial charge is 0.259 e. The van der Waals surface area contributed by atoms with E-state index in [0.717, 1.165) is 11.3 Å². The average molecular weight is 426 g/mol. The van der Waals surface area contributed by atoms with Gasteiger partial charge in [-0.05, 0) is 55.2 Å². The van der Waals surface area contributed by atoms with Crippen LogP contribution >= 0.6 is 0 Å². The van der Waals surface area contributed by atoms with Crippen LogP contribution in [0.4, 0.5) is 10.1 Å². The molecular weight excluding hydrogens is 399 g/mol. The molecule has 31 heavy (non-hydrogen) atoms. The summed E-state index contributed by atoms with van der Waals surface area (Å²) in [6, 6.07) is 13.8. The van der Waals surface area contributed by atoms with Gasteiger partial charge in [0.2, 0.25) is 5.91 Å². The number of aryl methyl sites for hydroxylation is 1. The number of piperidine rings is 1. The minimum Gasteiger partial charge on any atom is -0.497 e. The molecule has 1 atom stereocenters. The van der Waals surface area contributed by atoms with Gasteiger partial charge in [-0.1, -0.05) is 18.2 Å². The molecule has 2 aromatic carbocycles. The first kappa shape index (κ1) is 21.3. The highest BCUT2D eigenvalue weighted by Crippen LogP contribution is 2.45. The number of β-lactam (4-membered cyclic amide) rings is 1. The lowest BCUT2D eigenvalue weighted by Crippen LogP contribution is -2.78. The number of amides is 2. The number of rotatable bonds is 6. The van der Waals surface area contributed by atoms with Gasteiger partial charge in [-0.25, -0.2) is 4.39 Å². The van der Waals surface area contributed by atoms with E-state index in [4.69, 9.17) is 9.47 Å². The Morgan fingerprint density at radius 3 is 2.45 bits per heavy atom. The lowest BCUT2D eigenvalue weighted by Gasteiger charge is -2.59. The molecule has 1 spiro atoms. The molecule has 1 unspecified atom stereocenters. The standard InChI is InChI=1S/C24H27FN2O4/c1-30-20-9-6-17(7-10-20)8-11-21(28)26-14-12-24(13-15-26)22(31-2)23(29)27(24)19-5-3-4-18(25)16-19/h3-7,9-10,16,22H,8,11-15H2,1-2H3. The second-order valence-corrected chi connectivity index (χ2v) is 8.10. The van der Waals surface area contributed by atoms with E-state index in [1.165, 1.54) is 19.2 Å². The van der Waals surface area contributed by atoms with Gasteiger partial charge in [-0.15, -0.1) is 0 Å². The molecule has 2 saturated heterocycles. The van der Waals surface area contributed by atoms with E-state index in [0.29, 0.717) is 44.5 Å². The molecule has 0 saturated carbocycles. The SMILES string of the molecule is COc1ccc(CCC(=O)N2CCC3(CC2)C(OC)C(=O)N3c2cccc(F)c2)cc1. The number of hydrogen-bond acceptors (Lipinski definition) is 4. The molecule has 0 radical (unpaired) electrons. The highest BCUT2D eigenvalue weighted by molar-refractivity contribution is 6.06. The van der Waals surface area contributed by atoms with Crippen LogP contribution < -0.4 is 9.64 Å². The first-order valence-electron chi connectivity index (χ1n) is 10.5. The number of carbonyl (C=O) groups is 2. The Balaban J connectivity index is 1.39. The number of halogens is 1. The Kier molecular flexibility index (Phi) is 5.96. The van der Waals surface area contributed by atoms with Gasteiger partial charge in [0.1, 0.15) is 11.6 Å². The molecule has 0 N–H and O–H groups in total. The van der Waals surface area contributed by atoms with Gasteiger partial charge in [-0.3, -0.25) is 9.59 Å². The van der Waals surface area contributed by atoms with Crippen molar-refractivity contribution in [1.29, 1.82) is 0 Å². The lowest BCUT2D eigenvalue weighted by atomic mass is 9.72. The summed E-state index contributed by atoms with van der Waals surface area (Å²) in [5.41, 5.74) is 1.09. The molecule has 0 aromatic heterocycles. The molecule has 2 aliphatic rings. The van der Waals surface area contributed by atoms with Crippen molar-refractivity contribution in [3.8, 4) is 5.75 Å². The Morgan fingerprint density at radius 1 is 1.13 bits per heavy atom. The maximum atomic E-state index is 13.8. The Bertz CT molecular complexity index is 954. The molecule has 2 amide bonds. The third kappa shape index (κ3) is 3.90. The summed E-state index contributed by atoms with van der Waals surface area (Å²) < 4.78 is 24.4. The zero-order valence-electron chi connectivity index (χ0n) is 17.8. The van der Waals surface area contributed by atoms with Crippen LogP contribution in [0.2, 0.25) is 0 Å². The normalized spacial score (nSPS) is 20.0. The predicted octanol–water partition coefficient (Wildman–Crippen LogP) is 3.19. The summed E-state index contributed by atoms with van der Waals surface area (Å²) in [5, 5.41) is 0. The monoisotopic (exact) mass is 426 g/mol. The van der Waals surface area contributed by atoms with E-state index in [9.17, 15) is 14.0 Å². The summed E-state index contributed by atoms with van der Waals surface area (Å²) >= 11 is 0. The van der Waals surface area contributed by atoms with E-state index >= 15 is 0 Å². The molecule has 2 aliphatic heterocycles. The molecule has 2 heterocycles. The number of benzene rings is 2. The number of hydrogen-bond donors (Lipinski definition) is 0. The van der Waals surface area contributed by atoms with Gasteiger partial charge < -0.3 is 19.3 Å². The van der Waals surface area contributed by atoms with E-state index in [2.05, 4.69) is 0 Å². The summed E-state index contributed by atoms with van der Waals surface area (Å²) in [6.07, 6.45) is 1.73. The Labute approximate surface area is 181 Å². The first-order valence-corrected chi connectivity index (χ1v) is 10.5. The van der Waals surface area contributed by atoms with Gasteiger partial charge in [0.25, 0.3) is 5.91 Å². The second-order valence-electron chi connectivity index (χ2n) is 8.10. The van der Waals surface area contributed by atoms with Gasteiger partial charge in [0, 0.05) is 32.3 Å². The third-order valence-corrected chi connectivity index (χ3v) is 6.45. The summed E-state index contributed by atoms with van der Waals surface area (Å²) in [6.45, 7) is 1.08. The van der Waals surface area contributed by atoms with Crippen molar-refractivity contribution in [2.75, 3.05) is 32.2 Å². The van der Waals surface area contributed by atoms with E-state index in [-0.39, 0.29) is 17.6 Å². The summed E-state index contributed by atoms with van der Waals surface area (Å²) in [5.74, 6) is 0.351. The van der Waals surface area contributed by atoms with Gasteiger partial charge in [0.05, 0.1) is 12.6 Å². The molecule has 164 valence electrons. The van der Waals surface area contributed by atoms with E-state index in [1.54, 1.807) is 24.1 Å². The van der Waals surface area contributed by atoms with Crippen molar-refractivity contribution in [2.45, 2.75) is 37.3 Å². The largest absolute Gasteiger partial charge is 0.497 e. The minimum absolute atomic E-state index is 0.0996. The Hall–Kier alpha value is -2.93. The van der Waals surface area contributed by atoms with E-state index < -0.39 is 11.6 Å². The van der Waals surface area contributed by atoms with Gasteiger partial charge >= 0.3 is 0 Å². The third-order valence-electron chi connectivity index (χ3n) is 6.45. The van der Waals surface area contributed by atoms with Crippen LogP contribution in [0.3, 0.4) is 0 Å². The Morgan fingerprint density at radius 2 is 1.84 bits per heavy atom. The van der Waals surface area contributed by atoms with Crippen molar-refractivity contribution in [3.05, 3.63) is 59.9 Å². The van der Waals surface area contributed by atoms with Crippen LogP contribution in [0, 0.1) is 5.82 Å². The molecule has 2 aromatic rings. The number of nitrogens with zero attached hydrogens (tertiary/aromatic N) is 2. The van der Waals surface area contributed by atoms with Crippen LogP contribution in [-0.4, -0.2) is 55.7 Å². The van der Waals surface area contributed by atoms with Crippen molar-refractivity contribution in [3.63, 3.8) is 0 Å². The van der Waals surface area contributed by atoms with Crippen molar-refractivity contribution >= 4 is 17.5 Å². The fourth-order valence-electron chi connectivity index (χ4n) is 4.77. The van der Waals surface area contributed by atoms with Crippen LogP contribution in [0.15, 0.2) is 48.5 Å².